The highest BCUT2D eigenvalue weighted by atomic mass is 19.4. The van der Waals surface area contributed by atoms with E-state index in [9.17, 15) is 22.8 Å². The van der Waals surface area contributed by atoms with Crippen molar-refractivity contribution in [1.82, 2.24) is 10.3 Å². The lowest BCUT2D eigenvalue weighted by molar-refractivity contribution is -0.154. The number of halogens is 3. The van der Waals surface area contributed by atoms with Crippen LogP contribution in [0.3, 0.4) is 0 Å². The Hall–Kier alpha value is -2.32. The zero-order valence-electron chi connectivity index (χ0n) is 13.3. The van der Waals surface area contributed by atoms with E-state index in [-0.39, 0.29) is 23.9 Å². The molecule has 0 aromatic carbocycles. The molecule has 0 aliphatic heterocycles. The number of pyridine rings is 1. The largest absolute Gasteiger partial charge is 0.481 e. The number of carbonyl (C=O) groups excluding carboxylic acids is 1. The normalized spacial score (nSPS) is 12.8. The number of ether oxygens (including phenoxy) is 1. The second kappa shape index (κ2) is 8.51. The molecule has 0 saturated heterocycles. The van der Waals surface area contributed by atoms with Gasteiger partial charge in [0.25, 0.3) is 5.91 Å². The molecule has 1 rings (SSSR count). The molecule has 1 atom stereocenters. The van der Waals surface area contributed by atoms with Gasteiger partial charge in [-0.3, -0.25) is 9.59 Å². The van der Waals surface area contributed by atoms with Crippen LogP contribution in [0, 0.1) is 11.8 Å². The molecule has 0 spiro atoms. The highest BCUT2D eigenvalue weighted by molar-refractivity contribution is 5.94. The van der Waals surface area contributed by atoms with Crippen LogP contribution in [-0.4, -0.2) is 41.3 Å². The average Bonchev–Trinajstić information content (AvgIpc) is 2.48. The Morgan fingerprint density at radius 1 is 1.38 bits per heavy atom. The van der Waals surface area contributed by atoms with Crippen molar-refractivity contribution >= 4 is 11.9 Å². The first-order valence-corrected chi connectivity index (χ1v) is 7.25. The Kier molecular flexibility index (Phi) is 6.99. The second-order valence-electron chi connectivity index (χ2n) is 5.66. The zero-order chi connectivity index (χ0) is 18.3. The molecule has 1 unspecified atom stereocenters. The number of nitrogens with zero attached hydrogens (tertiary/aromatic N) is 1. The number of hydrogen-bond acceptors (Lipinski definition) is 4. The molecule has 24 heavy (non-hydrogen) atoms. The zero-order valence-corrected chi connectivity index (χ0v) is 13.3. The van der Waals surface area contributed by atoms with Gasteiger partial charge in [0.15, 0.2) is 6.61 Å². The van der Waals surface area contributed by atoms with Crippen molar-refractivity contribution in [3.05, 3.63) is 23.9 Å². The maximum absolute atomic E-state index is 12.1. The Labute approximate surface area is 137 Å². The van der Waals surface area contributed by atoms with E-state index in [0.717, 1.165) is 12.3 Å². The van der Waals surface area contributed by atoms with Gasteiger partial charge in [-0.05, 0) is 18.4 Å². The van der Waals surface area contributed by atoms with Crippen LogP contribution >= 0.6 is 0 Å². The van der Waals surface area contributed by atoms with Gasteiger partial charge in [0.05, 0.1) is 5.92 Å². The molecule has 1 amide bonds. The fraction of sp³-hybridized carbons (Fsp3) is 0.533. The quantitative estimate of drug-likeness (QED) is 0.754. The number of carbonyl (C=O) groups is 2. The maximum atomic E-state index is 12.1. The van der Waals surface area contributed by atoms with Crippen LogP contribution in [-0.2, 0) is 4.79 Å². The standard InChI is InChI=1S/C15H19F3N2O4/c1-9(2)5-11(14(22)23)7-20-13(21)10-3-4-19-12(6-10)24-8-15(16,17)18/h3-4,6,9,11H,5,7-8H2,1-2H3,(H,20,21)(H,22,23). The molecule has 1 aromatic rings. The van der Waals surface area contributed by atoms with Gasteiger partial charge in [-0.1, -0.05) is 13.8 Å². The molecule has 0 saturated carbocycles. The lowest BCUT2D eigenvalue weighted by Crippen LogP contribution is -2.33. The Morgan fingerprint density at radius 2 is 2.04 bits per heavy atom. The van der Waals surface area contributed by atoms with Crippen LogP contribution < -0.4 is 10.1 Å². The predicted molar refractivity (Wildman–Crippen MR) is 78.7 cm³/mol. The molecular weight excluding hydrogens is 329 g/mol. The number of amides is 1. The Bertz CT molecular complexity index is 576. The van der Waals surface area contributed by atoms with Gasteiger partial charge in [0.2, 0.25) is 5.88 Å². The number of carboxylic acids is 1. The van der Waals surface area contributed by atoms with Crippen molar-refractivity contribution in [3.8, 4) is 5.88 Å². The van der Waals surface area contributed by atoms with Gasteiger partial charge in [-0.15, -0.1) is 0 Å². The third-order valence-corrected chi connectivity index (χ3v) is 2.99. The molecular formula is C15H19F3N2O4. The van der Waals surface area contributed by atoms with Crippen molar-refractivity contribution in [1.29, 1.82) is 0 Å². The van der Waals surface area contributed by atoms with Crippen LogP contribution in [0.15, 0.2) is 18.3 Å². The number of carboxylic acid groups (broad SMARTS) is 1. The minimum absolute atomic E-state index is 0.0378. The molecule has 0 radical (unpaired) electrons. The van der Waals surface area contributed by atoms with Crippen LogP contribution in [0.1, 0.15) is 30.6 Å². The van der Waals surface area contributed by atoms with Gasteiger partial charge in [0, 0.05) is 24.4 Å². The minimum atomic E-state index is -4.51. The molecule has 2 N–H and O–H groups in total. The first-order valence-electron chi connectivity index (χ1n) is 7.25. The lowest BCUT2D eigenvalue weighted by Gasteiger charge is -2.15. The van der Waals surface area contributed by atoms with Crippen molar-refractivity contribution in [2.45, 2.75) is 26.4 Å². The van der Waals surface area contributed by atoms with Gasteiger partial charge in [0.1, 0.15) is 0 Å². The summed E-state index contributed by atoms with van der Waals surface area (Å²) in [6.45, 7) is 2.14. The number of hydrogen-bond donors (Lipinski definition) is 2. The number of alkyl halides is 3. The van der Waals surface area contributed by atoms with E-state index < -0.39 is 30.6 Å². The summed E-state index contributed by atoms with van der Waals surface area (Å²) in [5.41, 5.74) is 0.0378. The van der Waals surface area contributed by atoms with E-state index in [2.05, 4.69) is 15.0 Å². The number of aliphatic carboxylic acids is 1. The Morgan fingerprint density at radius 3 is 2.58 bits per heavy atom. The highest BCUT2D eigenvalue weighted by Gasteiger charge is 2.28. The SMILES string of the molecule is CC(C)CC(CNC(=O)c1ccnc(OCC(F)(F)F)c1)C(=O)O. The summed E-state index contributed by atoms with van der Waals surface area (Å²) in [5.74, 6) is -2.56. The van der Waals surface area contributed by atoms with Gasteiger partial charge in [-0.25, -0.2) is 4.98 Å². The molecule has 9 heteroatoms. The molecule has 1 aromatic heterocycles. The van der Waals surface area contributed by atoms with Gasteiger partial charge in [-0.2, -0.15) is 13.2 Å². The molecule has 0 bridgehead atoms. The fourth-order valence-electron chi connectivity index (χ4n) is 1.94. The molecule has 0 aliphatic carbocycles. The third kappa shape index (κ3) is 7.30. The maximum Gasteiger partial charge on any atom is 0.422 e. The van der Waals surface area contributed by atoms with Crippen molar-refractivity contribution in [3.63, 3.8) is 0 Å². The van der Waals surface area contributed by atoms with E-state index in [1.54, 1.807) is 0 Å². The predicted octanol–water partition coefficient (Wildman–Crippen LogP) is 2.50. The van der Waals surface area contributed by atoms with Crippen LogP contribution in [0.2, 0.25) is 0 Å². The molecule has 0 aliphatic rings. The first-order chi connectivity index (χ1) is 11.1. The van der Waals surface area contributed by atoms with E-state index in [4.69, 9.17) is 5.11 Å². The van der Waals surface area contributed by atoms with Crippen LogP contribution in [0.25, 0.3) is 0 Å². The minimum Gasteiger partial charge on any atom is -0.481 e. The van der Waals surface area contributed by atoms with Crippen LogP contribution in [0.5, 0.6) is 5.88 Å². The van der Waals surface area contributed by atoms with E-state index in [0.29, 0.717) is 6.42 Å². The smallest absolute Gasteiger partial charge is 0.422 e. The molecule has 0 fully saturated rings. The molecule has 6 nitrogen and oxygen atoms in total. The Balaban J connectivity index is 2.65. The van der Waals surface area contributed by atoms with E-state index in [1.165, 1.54) is 6.07 Å². The highest BCUT2D eigenvalue weighted by Crippen LogP contribution is 2.17. The monoisotopic (exact) mass is 348 g/mol. The summed E-state index contributed by atoms with van der Waals surface area (Å²) in [6, 6.07) is 2.37. The van der Waals surface area contributed by atoms with Gasteiger partial charge < -0.3 is 15.2 Å². The van der Waals surface area contributed by atoms with Crippen LogP contribution in [0.4, 0.5) is 13.2 Å². The van der Waals surface area contributed by atoms with Crippen molar-refractivity contribution < 1.29 is 32.6 Å². The van der Waals surface area contributed by atoms with Gasteiger partial charge >= 0.3 is 12.1 Å². The van der Waals surface area contributed by atoms with E-state index in [1.807, 2.05) is 13.8 Å². The van der Waals surface area contributed by atoms with E-state index >= 15 is 0 Å². The summed E-state index contributed by atoms with van der Waals surface area (Å²) in [7, 11) is 0. The lowest BCUT2D eigenvalue weighted by atomic mass is 9.97. The number of nitrogens with one attached hydrogen (secondary N) is 1. The average molecular weight is 348 g/mol. The van der Waals surface area contributed by atoms with Crippen molar-refractivity contribution in [2.75, 3.05) is 13.2 Å². The first kappa shape index (κ1) is 19.7. The fourth-order valence-corrected chi connectivity index (χ4v) is 1.94. The summed E-state index contributed by atoms with van der Waals surface area (Å²) in [6.07, 6.45) is -2.97. The summed E-state index contributed by atoms with van der Waals surface area (Å²) in [4.78, 5) is 26.7. The third-order valence-electron chi connectivity index (χ3n) is 2.99. The molecule has 134 valence electrons. The summed E-state index contributed by atoms with van der Waals surface area (Å²) >= 11 is 0. The van der Waals surface area contributed by atoms with Crippen molar-refractivity contribution in [2.24, 2.45) is 11.8 Å². The summed E-state index contributed by atoms with van der Waals surface area (Å²) in [5, 5.41) is 11.6. The molecule has 1 heterocycles. The number of aromatic nitrogens is 1. The topological polar surface area (TPSA) is 88.5 Å². The number of rotatable bonds is 8. The second-order valence-corrected chi connectivity index (χ2v) is 5.66. The summed E-state index contributed by atoms with van der Waals surface area (Å²) < 4.78 is 40.8.